The maximum absolute atomic E-state index is 6.31. The van der Waals surface area contributed by atoms with Crippen LogP contribution in [0.4, 0.5) is 5.82 Å². The average Bonchev–Trinajstić information content (AvgIpc) is 3.31. The van der Waals surface area contributed by atoms with E-state index in [9.17, 15) is 0 Å². The van der Waals surface area contributed by atoms with E-state index in [2.05, 4.69) is 37.0 Å². The second kappa shape index (κ2) is 10.7. The molecule has 1 aliphatic heterocycles. The van der Waals surface area contributed by atoms with E-state index in [1.54, 1.807) is 6.20 Å². The van der Waals surface area contributed by atoms with Crippen molar-refractivity contribution >= 4 is 35.1 Å². The number of nitrogens with zero attached hydrogens (tertiary/aromatic N) is 6. The molecule has 158 valence electrons. The molecule has 0 radical (unpaired) electrons. The Labute approximate surface area is 181 Å². The predicted molar refractivity (Wildman–Crippen MR) is 121 cm³/mol. The molecule has 3 rings (SSSR count). The summed E-state index contributed by atoms with van der Waals surface area (Å²) in [6, 6.07) is 4.02. The van der Waals surface area contributed by atoms with Crippen LogP contribution in [0.25, 0.3) is 0 Å². The van der Waals surface area contributed by atoms with Crippen LogP contribution in [0, 0.1) is 6.92 Å². The zero-order chi connectivity index (χ0) is 20.6. The standard InChI is InChI=1S/C19H29ClN8S/c1-14-25-26-17(27(14)2)12-23-19(22-9-5-11-29-3)24-15-7-10-28(13-15)18-16(20)6-4-8-21-18/h4,6,8,15H,5,7,9-13H2,1-3H3,(H2,22,23,24). The summed E-state index contributed by atoms with van der Waals surface area (Å²) in [6.45, 7) is 5.06. The number of aromatic nitrogens is 4. The SMILES string of the molecule is CSCCCNC(=NCc1nnc(C)n1C)NC1CCN(c2ncccc2Cl)C1. The Balaban J connectivity index is 1.62. The zero-order valence-corrected chi connectivity index (χ0v) is 18.8. The Morgan fingerprint density at radius 2 is 2.28 bits per heavy atom. The molecule has 0 spiro atoms. The predicted octanol–water partition coefficient (Wildman–Crippen LogP) is 2.24. The number of anilines is 1. The number of guanidine groups is 1. The van der Waals surface area contributed by atoms with E-state index in [0.717, 1.165) is 61.7 Å². The van der Waals surface area contributed by atoms with Gasteiger partial charge in [0, 0.05) is 38.9 Å². The van der Waals surface area contributed by atoms with Gasteiger partial charge in [-0.15, -0.1) is 10.2 Å². The third-order valence-corrected chi connectivity index (χ3v) is 5.94. The lowest BCUT2D eigenvalue weighted by Crippen LogP contribution is -2.45. The van der Waals surface area contributed by atoms with E-state index in [0.29, 0.717) is 11.6 Å². The number of aryl methyl sites for hydroxylation is 1. The van der Waals surface area contributed by atoms with Gasteiger partial charge in [0.25, 0.3) is 0 Å². The monoisotopic (exact) mass is 436 g/mol. The minimum Gasteiger partial charge on any atom is -0.356 e. The van der Waals surface area contributed by atoms with Crippen molar-refractivity contribution in [2.45, 2.75) is 32.4 Å². The van der Waals surface area contributed by atoms with Gasteiger partial charge in [-0.1, -0.05) is 11.6 Å². The maximum atomic E-state index is 6.31. The molecule has 1 aliphatic rings. The summed E-state index contributed by atoms with van der Waals surface area (Å²) in [4.78, 5) is 11.4. The van der Waals surface area contributed by atoms with Crippen LogP contribution in [0.2, 0.25) is 5.02 Å². The normalized spacial score (nSPS) is 17.0. The Morgan fingerprint density at radius 3 is 3.00 bits per heavy atom. The molecule has 0 saturated carbocycles. The minimum absolute atomic E-state index is 0.279. The lowest BCUT2D eigenvalue weighted by Gasteiger charge is -2.20. The smallest absolute Gasteiger partial charge is 0.191 e. The third-order valence-electron chi connectivity index (χ3n) is 4.95. The average molecular weight is 437 g/mol. The fourth-order valence-electron chi connectivity index (χ4n) is 3.19. The Bertz CT molecular complexity index is 824. The topological polar surface area (TPSA) is 83.3 Å². The van der Waals surface area contributed by atoms with Crippen molar-refractivity contribution in [1.29, 1.82) is 0 Å². The van der Waals surface area contributed by atoms with Crippen molar-refractivity contribution in [2.75, 3.05) is 36.5 Å². The number of aliphatic imine (C=N–C) groups is 1. The van der Waals surface area contributed by atoms with E-state index >= 15 is 0 Å². The van der Waals surface area contributed by atoms with Gasteiger partial charge in [-0.2, -0.15) is 11.8 Å². The Kier molecular flexibility index (Phi) is 8.00. The molecule has 8 nitrogen and oxygen atoms in total. The third kappa shape index (κ3) is 5.99. The Morgan fingerprint density at radius 1 is 1.41 bits per heavy atom. The number of rotatable bonds is 8. The van der Waals surface area contributed by atoms with Crippen LogP contribution in [-0.2, 0) is 13.6 Å². The number of hydrogen-bond acceptors (Lipinski definition) is 6. The molecule has 29 heavy (non-hydrogen) atoms. The van der Waals surface area contributed by atoms with Crippen LogP contribution in [0.5, 0.6) is 0 Å². The quantitative estimate of drug-likeness (QED) is 0.373. The molecule has 0 aliphatic carbocycles. The van der Waals surface area contributed by atoms with Gasteiger partial charge in [0.2, 0.25) is 0 Å². The van der Waals surface area contributed by atoms with Gasteiger partial charge in [0.1, 0.15) is 18.2 Å². The van der Waals surface area contributed by atoms with E-state index < -0.39 is 0 Å². The van der Waals surface area contributed by atoms with Gasteiger partial charge in [0.15, 0.2) is 11.8 Å². The van der Waals surface area contributed by atoms with Crippen LogP contribution in [-0.4, -0.2) is 63.4 Å². The van der Waals surface area contributed by atoms with Crippen molar-refractivity contribution in [3.8, 4) is 0 Å². The first kappa shape index (κ1) is 21.7. The molecule has 0 amide bonds. The van der Waals surface area contributed by atoms with E-state index in [4.69, 9.17) is 16.6 Å². The number of pyridine rings is 1. The lowest BCUT2D eigenvalue weighted by atomic mass is 10.3. The lowest BCUT2D eigenvalue weighted by molar-refractivity contribution is 0.641. The van der Waals surface area contributed by atoms with Crippen molar-refractivity contribution < 1.29 is 0 Å². The van der Waals surface area contributed by atoms with Gasteiger partial charge in [-0.25, -0.2) is 9.98 Å². The summed E-state index contributed by atoms with van der Waals surface area (Å²) >= 11 is 8.16. The first-order valence-corrected chi connectivity index (χ1v) is 11.6. The van der Waals surface area contributed by atoms with E-state index in [1.807, 2.05) is 42.4 Å². The van der Waals surface area contributed by atoms with Crippen LogP contribution in [0.15, 0.2) is 23.3 Å². The van der Waals surface area contributed by atoms with E-state index in [-0.39, 0.29) is 6.04 Å². The van der Waals surface area contributed by atoms with Crippen LogP contribution in [0.3, 0.4) is 0 Å². The van der Waals surface area contributed by atoms with Gasteiger partial charge < -0.3 is 20.1 Å². The van der Waals surface area contributed by atoms with Crippen molar-refractivity contribution in [3.05, 3.63) is 35.0 Å². The number of thioether (sulfide) groups is 1. The van der Waals surface area contributed by atoms with Crippen LogP contribution in [0.1, 0.15) is 24.5 Å². The van der Waals surface area contributed by atoms with Gasteiger partial charge in [0.05, 0.1) is 5.02 Å². The highest BCUT2D eigenvalue weighted by atomic mass is 35.5. The summed E-state index contributed by atoms with van der Waals surface area (Å²) in [5, 5.41) is 16.0. The highest BCUT2D eigenvalue weighted by Crippen LogP contribution is 2.25. The molecule has 10 heteroatoms. The van der Waals surface area contributed by atoms with Gasteiger partial charge >= 0.3 is 0 Å². The summed E-state index contributed by atoms with van der Waals surface area (Å²) in [5.41, 5.74) is 0. The summed E-state index contributed by atoms with van der Waals surface area (Å²) in [6.07, 6.45) is 6.00. The zero-order valence-electron chi connectivity index (χ0n) is 17.2. The number of nitrogens with one attached hydrogen (secondary N) is 2. The molecule has 1 atom stereocenters. The summed E-state index contributed by atoms with van der Waals surface area (Å²) < 4.78 is 1.97. The number of halogens is 1. The Hall–Kier alpha value is -2.00. The van der Waals surface area contributed by atoms with Crippen LogP contribution < -0.4 is 15.5 Å². The molecule has 3 heterocycles. The van der Waals surface area contributed by atoms with Gasteiger partial charge in [-0.3, -0.25) is 0 Å². The fraction of sp³-hybridized carbons (Fsp3) is 0.579. The molecular weight excluding hydrogens is 408 g/mol. The summed E-state index contributed by atoms with van der Waals surface area (Å²) in [7, 11) is 1.96. The number of hydrogen-bond donors (Lipinski definition) is 2. The first-order valence-electron chi connectivity index (χ1n) is 9.82. The molecule has 1 fully saturated rings. The molecule has 0 aromatic carbocycles. The van der Waals surface area contributed by atoms with Crippen molar-refractivity contribution in [3.63, 3.8) is 0 Å². The molecule has 1 saturated heterocycles. The molecular formula is C19H29ClN8S. The fourth-order valence-corrected chi connectivity index (χ4v) is 3.86. The molecule has 1 unspecified atom stereocenters. The van der Waals surface area contributed by atoms with E-state index in [1.165, 1.54) is 0 Å². The first-order chi connectivity index (χ1) is 14.1. The van der Waals surface area contributed by atoms with Crippen LogP contribution >= 0.6 is 23.4 Å². The van der Waals surface area contributed by atoms with Gasteiger partial charge in [-0.05, 0) is 43.9 Å². The molecule has 2 aromatic heterocycles. The van der Waals surface area contributed by atoms with Crippen molar-refractivity contribution in [1.82, 2.24) is 30.4 Å². The highest BCUT2D eigenvalue weighted by molar-refractivity contribution is 7.98. The largest absolute Gasteiger partial charge is 0.356 e. The summed E-state index contributed by atoms with van der Waals surface area (Å²) in [5.74, 6) is 4.51. The highest BCUT2D eigenvalue weighted by Gasteiger charge is 2.25. The molecule has 0 bridgehead atoms. The second-order valence-corrected chi connectivity index (χ2v) is 8.44. The second-order valence-electron chi connectivity index (χ2n) is 7.05. The molecule has 2 aromatic rings. The minimum atomic E-state index is 0.279. The maximum Gasteiger partial charge on any atom is 0.191 e. The molecule has 2 N–H and O–H groups in total. The van der Waals surface area contributed by atoms with Crippen molar-refractivity contribution in [2.24, 2.45) is 12.0 Å².